The molecule has 3 rings (SSSR count). The first-order chi connectivity index (χ1) is 8.31. The van der Waals surface area contributed by atoms with Crippen LogP contribution in [0.5, 0.6) is 0 Å². The van der Waals surface area contributed by atoms with Crippen LogP contribution in [0.25, 0.3) is 11.4 Å². The molecule has 88 valence electrons. The maximum Gasteiger partial charge on any atom is 0.137 e. The number of nitrogens with one attached hydrogen (secondary N) is 2. The zero-order chi connectivity index (χ0) is 11.7. The molecule has 0 radical (unpaired) electrons. The highest BCUT2D eigenvalue weighted by Crippen LogP contribution is 2.20. The minimum Gasteiger partial charge on any atom is -0.341 e. The molecular formula is C14H17N3. The Morgan fingerprint density at radius 1 is 1.41 bits per heavy atom. The van der Waals surface area contributed by atoms with Gasteiger partial charge in [0.1, 0.15) is 5.82 Å². The first kappa shape index (κ1) is 10.5. The zero-order valence-corrected chi connectivity index (χ0v) is 10.0. The van der Waals surface area contributed by atoms with Crippen LogP contribution in [0, 0.1) is 6.92 Å². The summed E-state index contributed by atoms with van der Waals surface area (Å²) < 4.78 is 0. The molecule has 17 heavy (non-hydrogen) atoms. The zero-order valence-electron chi connectivity index (χ0n) is 10.0. The summed E-state index contributed by atoms with van der Waals surface area (Å²) in [5, 5.41) is 3.48. The van der Waals surface area contributed by atoms with Crippen LogP contribution < -0.4 is 5.32 Å². The van der Waals surface area contributed by atoms with Crippen molar-refractivity contribution >= 4 is 0 Å². The number of hydrogen-bond acceptors (Lipinski definition) is 2. The van der Waals surface area contributed by atoms with Crippen molar-refractivity contribution in [2.45, 2.75) is 32.4 Å². The topological polar surface area (TPSA) is 40.7 Å². The van der Waals surface area contributed by atoms with Gasteiger partial charge in [-0.1, -0.05) is 23.8 Å². The summed E-state index contributed by atoms with van der Waals surface area (Å²) in [4.78, 5) is 7.80. The van der Waals surface area contributed by atoms with Gasteiger partial charge < -0.3 is 10.3 Å². The van der Waals surface area contributed by atoms with Crippen LogP contribution in [0.4, 0.5) is 0 Å². The molecule has 1 saturated carbocycles. The summed E-state index contributed by atoms with van der Waals surface area (Å²) in [7, 11) is 0. The Hall–Kier alpha value is -1.61. The fourth-order valence-electron chi connectivity index (χ4n) is 1.93. The van der Waals surface area contributed by atoms with E-state index in [9.17, 15) is 0 Å². The van der Waals surface area contributed by atoms with E-state index in [1.807, 2.05) is 6.20 Å². The van der Waals surface area contributed by atoms with Gasteiger partial charge in [0, 0.05) is 30.0 Å². The number of aromatic nitrogens is 2. The van der Waals surface area contributed by atoms with Gasteiger partial charge in [-0.3, -0.25) is 0 Å². The molecule has 3 heteroatoms. The Morgan fingerprint density at radius 3 is 3.06 bits per heavy atom. The van der Waals surface area contributed by atoms with Crippen molar-refractivity contribution in [3.05, 3.63) is 41.7 Å². The van der Waals surface area contributed by atoms with Crippen molar-refractivity contribution in [1.29, 1.82) is 0 Å². The molecule has 0 unspecified atom stereocenters. The van der Waals surface area contributed by atoms with Gasteiger partial charge in [-0.15, -0.1) is 0 Å². The highest BCUT2D eigenvalue weighted by Gasteiger charge is 2.20. The van der Waals surface area contributed by atoms with Crippen LogP contribution in [0.2, 0.25) is 0 Å². The number of H-pyrrole nitrogens is 1. The van der Waals surface area contributed by atoms with E-state index in [1.54, 1.807) is 0 Å². The maximum absolute atomic E-state index is 4.43. The molecular weight excluding hydrogens is 210 g/mol. The van der Waals surface area contributed by atoms with Crippen molar-refractivity contribution in [3.8, 4) is 11.4 Å². The van der Waals surface area contributed by atoms with Gasteiger partial charge >= 0.3 is 0 Å². The van der Waals surface area contributed by atoms with E-state index in [1.165, 1.54) is 18.4 Å². The largest absolute Gasteiger partial charge is 0.341 e. The predicted octanol–water partition coefficient (Wildman–Crippen LogP) is 2.64. The Bertz CT molecular complexity index is 512. The predicted molar refractivity (Wildman–Crippen MR) is 68.6 cm³/mol. The van der Waals surface area contributed by atoms with Gasteiger partial charge in [-0.25, -0.2) is 4.98 Å². The van der Waals surface area contributed by atoms with Crippen molar-refractivity contribution in [1.82, 2.24) is 15.3 Å². The standard InChI is InChI=1S/C14H17N3/c1-10-3-2-4-11(7-10)14-16-9-13(17-14)8-15-12-5-6-12/h2-4,7,9,12,15H,5-6,8H2,1H3,(H,16,17). The number of rotatable bonds is 4. The lowest BCUT2D eigenvalue weighted by atomic mass is 10.1. The van der Waals surface area contributed by atoms with Crippen LogP contribution in [-0.2, 0) is 6.54 Å². The van der Waals surface area contributed by atoms with Gasteiger partial charge in [0.2, 0.25) is 0 Å². The van der Waals surface area contributed by atoms with Gasteiger partial charge in [0.05, 0.1) is 0 Å². The Balaban J connectivity index is 1.74. The van der Waals surface area contributed by atoms with Crippen molar-refractivity contribution in [2.75, 3.05) is 0 Å². The molecule has 0 bridgehead atoms. The fraction of sp³-hybridized carbons (Fsp3) is 0.357. The van der Waals surface area contributed by atoms with Crippen LogP contribution >= 0.6 is 0 Å². The lowest BCUT2D eigenvalue weighted by Gasteiger charge is -2.00. The van der Waals surface area contributed by atoms with Gasteiger partial charge in [0.25, 0.3) is 0 Å². The van der Waals surface area contributed by atoms with Crippen molar-refractivity contribution < 1.29 is 0 Å². The molecule has 1 fully saturated rings. The number of hydrogen-bond donors (Lipinski definition) is 2. The summed E-state index contributed by atoms with van der Waals surface area (Å²) in [5.41, 5.74) is 3.58. The van der Waals surface area contributed by atoms with Gasteiger partial charge in [-0.2, -0.15) is 0 Å². The summed E-state index contributed by atoms with van der Waals surface area (Å²) in [6, 6.07) is 9.14. The Labute approximate surface area is 101 Å². The molecule has 1 aliphatic carbocycles. The molecule has 0 atom stereocenters. The molecule has 1 aliphatic rings. The number of benzene rings is 1. The molecule has 0 spiro atoms. The third kappa shape index (κ3) is 2.56. The van der Waals surface area contributed by atoms with Crippen LogP contribution in [0.3, 0.4) is 0 Å². The molecule has 3 nitrogen and oxygen atoms in total. The molecule has 2 N–H and O–H groups in total. The van der Waals surface area contributed by atoms with Crippen LogP contribution in [0.1, 0.15) is 24.1 Å². The van der Waals surface area contributed by atoms with E-state index < -0.39 is 0 Å². The Kier molecular flexibility index (Phi) is 2.69. The molecule has 1 heterocycles. The lowest BCUT2D eigenvalue weighted by molar-refractivity contribution is 0.677. The molecule has 1 aromatic carbocycles. The SMILES string of the molecule is Cc1cccc(-c2ncc(CNC3CC3)[nH]2)c1. The Morgan fingerprint density at radius 2 is 2.29 bits per heavy atom. The van der Waals surface area contributed by atoms with E-state index in [0.717, 1.165) is 29.7 Å². The molecule has 1 aromatic heterocycles. The summed E-state index contributed by atoms with van der Waals surface area (Å²) in [5.74, 6) is 0.960. The van der Waals surface area contributed by atoms with Gasteiger partial charge in [-0.05, 0) is 25.8 Å². The average Bonchev–Trinajstić information content (AvgIpc) is 3.04. The second-order valence-corrected chi connectivity index (χ2v) is 4.78. The van der Waals surface area contributed by atoms with Crippen LogP contribution in [-0.4, -0.2) is 16.0 Å². The number of aryl methyl sites for hydroxylation is 1. The highest BCUT2D eigenvalue weighted by atomic mass is 15.0. The van der Waals surface area contributed by atoms with E-state index in [2.05, 4.69) is 46.5 Å². The van der Waals surface area contributed by atoms with Crippen LogP contribution in [0.15, 0.2) is 30.5 Å². The third-order valence-corrected chi connectivity index (χ3v) is 3.08. The molecule has 0 aliphatic heterocycles. The summed E-state index contributed by atoms with van der Waals surface area (Å²) in [6.07, 6.45) is 4.56. The number of imidazole rings is 1. The monoisotopic (exact) mass is 227 g/mol. The molecule has 0 amide bonds. The van der Waals surface area contributed by atoms with Crippen molar-refractivity contribution in [3.63, 3.8) is 0 Å². The lowest BCUT2D eigenvalue weighted by Crippen LogP contribution is -2.15. The normalized spacial score (nSPS) is 15.1. The fourth-order valence-corrected chi connectivity index (χ4v) is 1.93. The molecule has 0 saturated heterocycles. The number of nitrogens with zero attached hydrogens (tertiary/aromatic N) is 1. The second kappa shape index (κ2) is 4.34. The minimum absolute atomic E-state index is 0.737. The van der Waals surface area contributed by atoms with E-state index in [4.69, 9.17) is 0 Å². The third-order valence-electron chi connectivity index (χ3n) is 3.08. The first-order valence-electron chi connectivity index (χ1n) is 6.15. The van der Waals surface area contributed by atoms with Gasteiger partial charge in [0.15, 0.2) is 0 Å². The quantitative estimate of drug-likeness (QED) is 0.843. The average molecular weight is 227 g/mol. The molecule has 2 aromatic rings. The first-order valence-corrected chi connectivity index (χ1v) is 6.15. The van der Waals surface area contributed by atoms with Crippen molar-refractivity contribution in [2.24, 2.45) is 0 Å². The van der Waals surface area contributed by atoms with E-state index in [0.29, 0.717) is 0 Å². The summed E-state index contributed by atoms with van der Waals surface area (Å²) >= 11 is 0. The van der Waals surface area contributed by atoms with E-state index >= 15 is 0 Å². The van der Waals surface area contributed by atoms with E-state index in [-0.39, 0.29) is 0 Å². The number of aromatic amines is 1. The highest BCUT2D eigenvalue weighted by molar-refractivity contribution is 5.56. The minimum atomic E-state index is 0.737. The smallest absolute Gasteiger partial charge is 0.137 e. The second-order valence-electron chi connectivity index (χ2n) is 4.78. The maximum atomic E-state index is 4.43. The summed E-state index contributed by atoms with van der Waals surface area (Å²) in [6.45, 7) is 2.99.